The number of carbonyl (C=O) groups is 1. The van der Waals surface area contributed by atoms with Crippen LogP contribution in [0.25, 0.3) is 0 Å². The molecule has 1 heterocycles. The van der Waals surface area contributed by atoms with E-state index in [0.717, 1.165) is 0 Å². The van der Waals surface area contributed by atoms with Crippen LogP contribution in [-0.2, 0) is 21.3 Å². The van der Waals surface area contributed by atoms with E-state index in [9.17, 15) is 13.4 Å². The van der Waals surface area contributed by atoms with Crippen molar-refractivity contribution in [1.82, 2.24) is 5.16 Å². The number of anilines is 1. The minimum Gasteiger partial charge on any atom is -0.494 e. The maximum absolute atomic E-state index is 13.6. The second-order valence-corrected chi connectivity index (χ2v) is 6.72. The van der Waals surface area contributed by atoms with Crippen LogP contribution >= 0.6 is 0 Å². The Morgan fingerprint density at radius 1 is 1.48 bits per heavy atom. The molecule has 124 valence electrons. The summed E-state index contributed by atoms with van der Waals surface area (Å²) in [5, 5.41) is 5.37. The average Bonchev–Trinajstić information content (AvgIpc) is 2.91. The topological polar surface area (TPSA) is 81.4 Å². The Kier molecular flexibility index (Phi) is 5.49. The van der Waals surface area contributed by atoms with E-state index < -0.39 is 27.8 Å². The van der Waals surface area contributed by atoms with Crippen molar-refractivity contribution in [3.63, 3.8) is 0 Å². The normalized spacial score (nSPS) is 13.4. The zero-order valence-corrected chi connectivity index (χ0v) is 13.8. The molecule has 0 radical (unpaired) electrons. The maximum Gasteiger partial charge on any atom is 0.242 e. The van der Waals surface area contributed by atoms with Gasteiger partial charge in [0.2, 0.25) is 11.8 Å². The molecular weight excluding hydrogens is 323 g/mol. The van der Waals surface area contributed by atoms with E-state index >= 15 is 0 Å². The fraction of sp³-hybridized carbons (Fsp3) is 0.333. The van der Waals surface area contributed by atoms with Gasteiger partial charge < -0.3 is 9.26 Å². The number of ether oxygens (including phenoxy) is 1. The Balaban J connectivity index is 1.99. The number of rotatable bonds is 6. The van der Waals surface area contributed by atoms with E-state index in [2.05, 4.69) is 10.5 Å². The minimum absolute atomic E-state index is 0.0604. The van der Waals surface area contributed by atoms with Gasteiger partial charge in [0.25, 0.3) is 0 Å². The quantitative estimate of drug-likeness (QED) is 0.873. The lowest BCUT2D eigenvalue weighted by Gasteiger charge is -2.11. The fourth-order valence-corrected chi connectivity index (χ4v) is 2.91. The molecule has 0 fully saturated rings. The average molecular weight is 340 g/mol. The first kappa shape index (κ1) is 17.1. The largest absolute Gasteiger partial charge is 0.494 e. The highest BCUT2D eigenvalue weighted by Gasteiger charge is 2.22. The third kappa shape index (κ3) is 4.38. The highest BCUT2D eigenvalue weighted by atomic mass is 32.2. The molecule has 2 rings (SSSR count). The standard InChI is InChI=1S/C15H17FN2O4S/c1-9-6-14(22-18-9)17-15(19)10(2)23(20)8-11-4-5-13(21-3)12(16)7-11/h4-7,10H,8H2,1-3H3,(H,17,19)/t10-,23-/m0/s1. The van der Waals surface area contributed by atoms with Gasteiger partial charge in [-0.3, -0.25) is 14.3 Å². The first-order valence-corrected chi connectivity index (χ1v) is 8.22. The summed E-state index contributed by atoms with van der Waals surface area (Å²) in [7, 11) is -0.142. The molecule has 0 saturated carbocycles. The summed E-state index contributed by atoms with van der Waals surface area (Å²) in [6, 6.07) is 5.89. The summed E-state index contributed by atoms with van der Waals surface area (Å²) < 4.78 is 35.6. The number of benzene rings is 1. The molecule has 1 aromatic heterocycles. The Hall–Kier alpha value is -2.22. The first-order chi connectivity index (χ1) is 10.9. The van der Waals surface area contributed by atoms with Crippen LogP contribution in [0.4, 0.5) is 10.3 Å². The second-order valence-electron chi connectivity index (χ2n) is 4.96. The number of halogens is 1. The van der Waals surface area contributed by atoms with Crippen LogP contribution in [0, 0.1) is 12.7 Å². The molecule has 23 heavy (non-hydrogen) atoms. The minimum atomic E-state index is -1.51. The third-order valence-corrected chi connectivity index (χ3v) is 4.78. The molecule has 0 aliphatic rings. The van der Waals surface area contributed by atoms with Crippen molar-refractivity contribution in [3.05, 3.63) is 41.3 Å². The monoisotopic (exact) mass is 340 g/mol. The summed E-state index contributed by atoms with van der Waals surface area (Å²) in [6.07, 6.45) is 0. The molecule has 1 N–H and O–H groups in total. The fourth-order valence-electron chi connectivity index (χ4n) is 1.85. The highest BCUT2D eigenvalue weighted by Crippen LogP contribution is 2.19. The number of amides is 1. The van der Waals surface area contributed by atoms with Crippen molar-refractivity contribution in [2.45, 2.75) is 24.9 Å². The molecule has 0 aliphatic carbocycles. The number of methoxy groups -OCH3 is 1. The van der Waals surface area contributed by atoms with Crippen molar-refractivity contribution in [3.8, 4) is 5.75 Å². The van der Waals surface area contributed by atoms with Crippen LogP contribution < -0.4 is 10.1 Å². The summed E-state index contributed by atoms with van der Waals surface area (Å²) in [6.45, 7) is 3.26. The summed E-state index contributed by atoms with van der Waals surface area (Å²) in [4.78, 5) is 12.0. The molecule has 6 nitrogen and oxygen atoms in total. The molecule has 0 spiro atoms. The van der Waals surface area contributed by atoms with Crippen LogP contribution in [0.15, 0.2) is 28.8 Å². The smallest absolute Gasteiger partial charge is 0.242 e. The van der Waals surface area contributed by atoms with Gasteiger partial charge in [-0.1, -0.05) is 11.2 Å². The van der Waals surface area contributed by atoms with Crippen LogP contribution in [0.2, 0.25) is 0 Å². The van der Waals surface area contributed by atoms with Gasteiger partial charge in [0.1, 0.15) is 5.25 Å². The number of hydrogen-bond acceptors (Lipinski definition) is 5. The molecule has 8 heteroatoms. The maximum atomic E-state index is 13.6. The first-order valence-electron chi connectivity index (χ1n) is 6.84. The van der Waals surface area contributed by atoms with Crippen molar-refractivity contribution in [2.75, 3.05) is 12.4 Å². The third-order valence-electron chi connectivity index (χ3n) is 3.16. The predicted molar refractivity (Wildman–Crippen MR) is 84.1 cm³/mol. The Morgan fingerprint density at radius 3 is 2.78 bits per heavy atom. The van der Waals surface area contributed by atoms with E-state index in [1.165, 1.54) is 26.2 Å². The van der Waals surface area contributed by atoms with Gasteiger partial charge in [0, 0.05) is 22.6 Å². The number of hydrogen-bond donors (Lipinski definition) is 1. The number of nitrogens with one attached hydrogen (secondary N) is 1. The number of nitrogens with zero attached hydrogens (tertiary/aromatic N) is 1. The zero-order chi connectivity index (χ0) is 17.0. The van der Waals surface area contributed by atoms with Gasteiger partial charge in [-0.25, -0.2) is 4.39 Å². The molecular formula is C15H17FN2O4S. The molecule has 1 aromatic carbocycles. The van der Waals surface area contributed by atoms with Crippen LogP contribution in [-0.4, -0.2) is 27.6 Å². The summed E-state index contributed by atoms with van der Waals surface area (Å²) >= 11 is 0. The SMILES string of the molecule is COc1ccc(C[S@](=O)[C@@H](C)C(=O)Nc2cc(C)no2)cc1F. The zero-order valence-electron chi connectivity index (χ0n) is 13.0. The molecule has 2 aromatic rings. The van der Waals surface area contributed by atoms with Gasteiger partial charge in [0.05, 0.1) is 12.8 Å². The molecule has 2 atom stereocenters. The van der Waals surface area contributed by atoms with Crippen molar-refractivity contribution in [2.24, 2.45) is 0 Å². The molecule has 0 unspecified atom stereocenters. The summed E-state index contributed by atoms with van der Waals surface area (Å²) in [5.74, 6) is -0.604. The number of aryl methyl sites for hydroxylation is 1. The van der Waals surface area contributed by atoms with E-state index in [4.69, 9.17) is 9.26 Å². The number of carbonyl (C=O) groups excluding carboxylic acids is 1. The molecule has 0 bridgehead atoms. The van der Waals surface area contributed by atoms with Gasteiger partial charge in [-0.2, -0.15) is 0 Å². The van der Waals surface area contributed by atoms with Crippen molar-refractivity contribution < 1.29 is 22.7 Å². The van der Waals surface area contributed by atoms with Gasteiger partial charge >= 0.3 is 0 Å². The van der Waals surface area contributed by atoms with Crippen molar-refractivity contribution >= 4 is 22.6 Å². The van der Waals surface area contributed by atoms with E-state index in [1.54, 1.807) is 19.1 Å². The van der Waals surface area contributed by atoms with Gasteiger partial charge in [-0.05, 0) is 31.5 Å². The Bertz CT molecular complexity index is 732. The lowest BCUT2D eigenvalue weighted by atomic mass is 10.2. The highest BCUT2D eigenvalue weighted by molar-refractivity contribution is 7.85. The predicted octanol–water partition coefficient (Wildman–Crippen LogP) is 2.41. The molecule has 0 aliphatic heterocycles. The van der Waals surface area contributed by atoms with Crippen LogP contribution in [0.5, 0.6) is 5.75 Å². The van der Waals surface area contributed by atoms with Gasteiger partial charge in [0.15, 0.2) is 11.6 Å². The van der Waals surface area contributed by atoms with E-state index in [1.807, 2.05) is 0 Å². The number of aromatic nitrogens is 1. The van der Waals surface area contributed by atoms with Gasteiger partial charge in [-0.15, -0.1) is 0 Å². The Morgan fingerprint density at radius 2 is 2.22 bits per heavy atom. The van der Waals surface area contributed by atoms with Crippen molar-refractivity contribution in [1.29, 1.82) is 0 Å². The van der Waals surface area contributed by atoms with E-state index in [0.29, 0.717) is 11.3 Å². The van der Waals surface area contributed by atoms with Crippen LogP contribution in [0.3, 0.4) is 0 Å². The molecule has 1 amide bonds. The summed E-state index contributed by atoms with van der Waals surface area (Å²) in [5.41, 5.74) is 1.15. The second kappa shape index (κ2) is 7.36. The molecule has 0 saturated heterocycles. The van der Waals surface area contributed by atoms with Crippen LogP contribution in [0.1, 0.15) is 18.2 Å². The Labute approximate surface area is 135 Å². The lowest BCUT2D eigenvalue weighted by Crippen LogP contribution is -2.29. The lowest BCUT2D eigenvalue weighted by molar-refractivity contribution is -0.115. The van der Waals surface area contributed by atoms with E-state index in [-0.39, 0.29) is 17.4 Å².